The Balaban J connectivity index is 1.27. The number of nitrogens with one attached hydrogen (secondary N) is 1. The molecule has 0 bridgehead atoms. The highest BCUT2D eigenvalue weighted by Crippen LogP contribution is 2.38. The van der Waals surface area contributed by atoms with Crippen LogP contribution in [-0.4, -0.2) is 21.0 Å². The Hall–Kier alpha value is -3.32. The molecule has 6 nitrogen and oxygen atoms in total. The molecule has 0 saturated carbocycles. The predicted molar refractivity (Wildman–Crippen MR) is 112 cm³/mol. The van der Waals surface area contributed by atoms with Gasteiger partial charge in [-0.15, -0.1) is 11.3 Å². The first-order valence-electron chi connectivity index (χ1n) is 9.42. The second-order valence-corrected chi connectivity index (χ2v) is 7.89. The van der Waals surface area contributed by atoms with Gasteiger partial charge in [0.25, 0.3) is 0 Å². The Morgan fingerprint density at radius 3 is 2.86 bits per heavy atom. The van der Waals surface area contributed by atoms with Gasteiger partial charge in [0.05, 0.1) is 5.69 Å². The Kier molecular flexibility index (Phi) is 4.44. The molecule has 2 aromatic heterocycles. The van der Waals surface area contributed by atoms with Crippen LogP contribution < -0.4 is 5.32 Å². The van der Waals surface area contributed by atoms with E-state index in [4.69, 9.17) is 4.52 Å². The maximum Gasteiger partial charge on any atom is 0.227 e. The molecule has 144 valence electrons. The third kappa shape index (κ3) is 3.56. The van der Waals surface area contributed by atoms with Crippen molar-refractivity contribution in [1.82, 2.24) is 15.1 Å². The number of amides is 1. The van der Waals surface area contributed by atoms with Crippen LogP contribution in [0.4, 0.5) is 5.13 Å². The third-order valence-corrected chi connectivity index (χ3v) is 5.73. The fraction of sp³-hybridized carbons (Fsp3) is 0.182. The molecule has 1 aliphatic carbocycles. The first kappa shape index (κ1) is 17.8. The zero-order chi connectivity index (χ0) is 19.8. The van der Waals surface area contributed by atoms with Crippen molar-refractivity contribution in [3.05, 3.63) is 70.7 Å². The number of fused-ring (bicyclic) bond motifs is 3. The summed E-state index contributed by atoms with van der Waals surface area (Å²) in [6.45, 7) is 1.75. The van der Waals surface area contributed by atoms with Gasteiger partial charge in [0.2, 0.25) is 11.8 Å². The minimum atomic E-state index is -0.119. The normalized spacial score (nSPS) is 11.9. The highest BCUT2D eigenvalue weighted by molar-refractivity contribution is 7.14. The first-order valence-corrected chi connectivity index (χ1v) is 10.3. The van der Waals surface area contributed by atoms with E-state index in [0.29, 0.717) is 23.3 Å². The van der Waals surface area contributed by atoms with Crippen LogP contribution in [0, 0.1) is 6.92 Å². The number of anilines is 1. The Morgan fingerprint density at radius 2 is 2.00 bits per heavy atom. The molecule has 0 atom stereocenters. The number of carbonyl (C=O) groups excluding carboxylic acids is 1. The van der Waals surface area contributed by atoms with Gasteiger partial charge in [-0.2, -0.15) is 4.98 Å². The van der Waals surface area contributed by atoms with Crippen molar-refractivity contribution in [2.45, 2.75) is 26.2 Å². The van der Waals surface area contributed by atoms with Crippen molar-refractivity contribution < 1.29 is 9.32 Å². The molecule has 0 unspecified atom stereocenters. The summed E-state index contributed by atoms with van der Waals surface area (Å²) in [7, 11) is 0. The third-order valence-electron chi connectivity index (χ3n) is 4.98. The van der Waals surface area contributed by atoms with Crippen LogP contribution >= 0.6 is 11.3 Å². The van der Waals surface area contributed by atoms with Gasteiger partial charge in [-0.3, -0.25) is 4.79 Å². The summed E-state index contributed by atoms with van der Waals surface area (Å²) in [4.78, 5) is 20.9. The number of aryl methyl sites for hydroxylation is 2. The van der Waals surface area contributed by atoms with Crippen LogP contribution in [0.15, 0.2) is 52.4 Å². The Morgan fingerprint density at radius 1 is 1.14 bits per heavy atom. The Bertz CT molecular complexity index is 1210. The topological polar surface area (TPSA) is 80.9 Å². The molecule has 0 aliphatic heterocycles. The predicted octanol–water partition coefficient (Wildman–Crippen LogP) is 4.64. The summed E-state index contributed by atoms with van der Waals surface area (Å²) >= 11 is 1.42. The van der Waals surface area contributed by atoms with Gasteiger partial charge < -0.3 is 9.84 Å². The molecule has 4 aromatic rings. The minimum absolute atomic E-state index is 0.119. The summed E-state index contributed by atoms with van der Waals surface area (Å²) in [6, 6.07) is 15.0. The lowest BCUT2D eigenvalue weighted by molar-refractivity contribution is -0.116. The molecule has 1 amide bonds. The second kappa shape index (κ2) is 7.25. The van der Waals surface area contributed by atoms with Crippen molar-refractivity contribution >= 4 is 22.4 Å². The van der Waals surface area contributed by atoms with Gasteiger partial charge in [-0.25, -0.2) is 4.98 Å². The summed E-state index contributed by atoms with van der Waals surface area (Å²) in [5.41, 5.74) is 7.23. The molecule has 1 aliphatic rings. The van der Waals surface area contributed by atoms with Gasteiger partial charge in [0, 0.05) is 23.8 Å². The van der Waals surface area contributed by atoms with Crippen LogP contribution in [0.5, 0.6) is 0 Å². The van der Waals surface area contributed by atoms with E-state index in [0.717, 1.165) is 17.7 Å². The molecule has 0 fully saturated rings. The lowest BCUT2D eigenvalue weighted by Gasteiger charge is -2.03. The fourth-order valence-corrected chi connectivity index (χ4v) is 4.35. The standard InChI is InChI=1S/C22H18N4O2S/c1-13-23-21(28-26-13)9-8-20(27)25-22-24-19(12-29-22)15-6-7-18-16(11-15)10-14-4-2-3-5-17(14)18/h2-7,11-12H,8-10H2,1H3,(H,24,25,27). The molecule has 29 heavy (non-hydrogen) atoms. The molecule has 0 radical (unpaired) electrons. The highest BCUT2D eigenvalue weighted by Gasteiger charge is 2.19. The van der Waals surface area contributed by atoms with E-state index in [2.05, 4.69) is 62.9 Å². The number of hydrogen-bond donors (Lipinski definition) is 1. The van der Waals surface area contributed by atoms with Crippen LogP contribution in [0.1, 0.15) is 29.3 Å². The Labute approximate surface area is 171 Å². The smallest absolute Gasteiger partial charge is 0.227 e. The summed E-state index contributed by atoms with van der Waals surface area (Å²) in [5, 5.41) is 9.15. The molecular formula is C22H18N4O2S. The van der Waals surface area contributed by atoms with E-state index in [1.807, 2.05) is 5.38 Å². The van der Waals surface area contributed by atoms with Crippen molar-refractivity contribution in [1.29, 1.82) is 0 Å². The number of nitrogens with zero attached hydrogens (tertiary/aromatic N) is 3. The number of aromatic nitrogens is 3. The molecule has 2 aromatic carbocycles. The number of rotatable bonds is 5. The summed E-state index contributed by atoms with van der Waals surface area (Å²) in [5.74, 6) is 0.921. The maximum absolute atomic E-state index is 12.2. The highest BCUT2D eigenvalue weighted by atomic mass is 32.1. The van der Waals surface area contributed by atoms with Crippen molar-refractivity contribution in [2.75, 3.05) is 5.32 Å². The largest absolute Gasteiger partial charge is 0.339 e. The van der Waals surface area contributed by atoms with Crippen LogP contribution in [-0.2, 0) is 17.6 Å². The average Bonchev–Trinajstić information content (AvgIpc) is 3.44. The first-order chi connectivity index (χ1) is 14.2. The van der Waals surface area contributed by atoms with Crippen LogP contribution in [0.3, 0.4) is 0 Å². The van der Waals surface area contributed by atoms with Crippen molar-refractivity contribution in [3.8, 4) is 22.4 Å². The molecule has 0 saturated heterocycles. The van der Waals surface area contributed by atoms with E-state index < -0.39 is 0 Å². The lowest BCUT2D eigenvalue weighted by Crippen LogP contribution is -2.12. The van der Waals surface area contributed by atoms with Gasteiger partial charge in [0.15, 0.2) is 11.0 Å². The lowest BCUT2D eigenvalue weighted by atomic mass is 10.0. The summed E-state index contributed by atoms with van der Waals surface area (Å²) < 4.78 is 5.03. The van der Waals surface area contributed by atoms with Gasteiger partial charge in [-0.05, 0) is 41.7 Å². The van der Waals surface area contributed by atoms with Crippen LogP contribution in [0.2, 0.25) is 0 Å². The maximum atomic E-state index is 12.2. The van der Waals surface area contributed by atoms with E-state index in [-0.39, 0.29) is 12.3 Å². The van der Waals surface area contributed by atoms with Gasteiger partial charge in [0.1, 0.15) is 0 Å². The SMILES string of the molecule is Cc1noc(CCC(=O)Nc2nc(-c3ccc4c(c3)Cc3ccccc3-4)cs2)n1. The van der Waals surface area contributed by atoms with Crippen molar-refractivity contribution in [3.63, 3.8) is 0 Å². The fourth-order valence-electron chi connectivity index (χ4n) is 3.61. The number of hydrogen-bond acceptors (Lipinski definition) is 6. The molecular weight excluding hydrogens is 384 g/mol. The molecule has 2 heterocycles. The van der Waals surface area contributed by atoms with Gasteiger partial charge in [-0.1, -0.05) is 41.6 Å². The van der Waals surface area contributed by atoms with E-state index in [9.17, 15) is 4.79 Å². The van der Waals surface area contributed by atoms with E-state index in [1.165, 1.54) is 33.6 Å². The number of thiazole rings is 1. The molecule has 1 N–H and O–H groups in total. The average molecular weight is 402 g/mol. The molecule has 5 rings (SSSR count). The zero-order valence-corrected chi connectivity index (χ0v) is 16.6. The number of benzene rings is 2. The minimum Gasteiger partial charge on any atom is -0.339 e. The molecule has 7 heteroatoms. The zero-order valence-electron chi connectivity index (χ0n) is 15.8. The molecule has 0 spiro atoms. The van der Waals surface area contributed by atoms with E-state index >= 15 is 0 Å². The number of carbonyl (C=O) groups is 1. The van der Waals surface area contributed by atoms with E-state index in [1.54, 1.807) is 6.92 Å². The van der Waals surface area contributed by atoms with Gasteiger partial charge >= 0.3 is 0 Å². The summed E-state index contributed by atoms with van der Waals surface area (Å²) in [6.07, 6.45) is 1.63. The van der Waals surface area contributed by atoms with Crippen molar-refractivity contribution in [2.24, 2.45) is 0 Å². The monoisotopic (exact) mass is 402 g/mol. The second-order valence-electron chi connectivity index (χ2n) is 7.03. The quantitative estimate of drug-likeness (QED) is 0.463. The van der Waals surface area contributed by atoms with Crippen LogP contribution in [0.25, 0.3) is 22.4 Å².